The zero-order valence-corrected chi connectivity index (χ0v) is 21.1. The van der Waals surface area contributed by atoms with Crippen molar-refractivity contribution in [3.63, 3.8) is 0 Å². The van der Waals surface area contributed by atoms with Crippen LogP contribution in [0.3, 0.4) is 0 Å². The summed E-state index contributed by atoms with van der Waals surface area (Å²) in [4.78, 5) is 20.0. The van der Waals surface area contributed by atoms with Gasteiger partial charge in [0.1, 0.15) is 17.7 Å². The zero-order valence-electron chi connectivity index (χ0n) is 20.3. The molecule has 4 heterocycles. The van der Waals surface area contributed by atoms with Crippen molar-refractivity contribution in [1.29, 1.82) is 0 Å². The first-order valence-electron chi connectivity index (χ1n) is 12.2. The van der Waals surface area contributed by atoms with Crippen LogP contribution in [0.15, 0.2) is 30.7 Å². The van der Waals surface area contributed by atoms with E-state index in [0.29, 0.717) is 30.7 Å². The molecule has 0 radical (unpaired) electrons. The fraction of sp³-hybridized carbons (Fsp3) is 0.500. The van der Waals surface area contributed by atoms with Crippen molar-refractivity contribution in [3.8, 4) is 5.88 Å². The molecule has 3 aromatic rings. The van der Waals surface area contributed by atoms with Crippen molar-refractivity contribution >= 4 is 32.6 Å². The highest BCUT2D eigenvalue weighted by atomic mass is 32.2. The molecule has 0 spiro atoms. The molecule has 11 nitrogen and oxygen atoms in total. The zero-order chi connectivity index (χ0) is 25.1. The fourth-order valence-corrected chi connectivity index (χ4v) is 5.18. The first-order valence-corrected chi connectivity index (χ1v) is 13.9. The molecule has 12 heteroatoms. The maximum atomic E-state index is 11.6. The standard InChI is InChI=1S/C24H31N7O4S/c1-16-12-27-24(28-13-16)29-18-2-4-20(5-3-18)35-23-21-11-19(15-36(25,32)33)26-14-17(21)10-22(30-23)31-6-8-34-9-7-31/h10-14,18,20H,2-9,15H2,1H3,(H2,25,32,33)(H,27,28,29). The van der Waals surface area contributed by atoms with Gasteiger partial charge < -0.3 is 19.7 Å². The number of hydrogen-bond donors (Lipinski definition) is 2. The number of morpholine rings is 1. The van der Waals surface area contributed by atoms with E-state index in [0.717, 1.165) is 60.9 Å². The van der Waals surface area contributed by atoms with Crippen LogP contribution in [0.4, 0.5) is 11.8 Å². The molecule has 5 rings (SSSR count). The van der Waals surface area contributed by atoms with Gasteiger partial charge in [0.15, 0.2) is 0 Å². The lowest BCUT2D eigenvalue weighted by molar-refractivity contribution is 0.122. The predicted molar refractivity (Wildman–Crippen MR) is 136 cm³/mol. The second-order valence-corrected chi connectivity index (χ2v) is 11.0. The smallest absolute Gasteiger partial charge is 0.223 e. The Morgan fingerprint density at radius 2 is 1.81 bits per heavy atom. The number of anilines is 2. The van der Waals surface area contributed by atoms with Crippen molar-refractivity contribution < 1.29 is 17.9 Å². The first-order chi connectivity index (χ1) is 17.3. The van der Waals surface area contributed by atoms with Crippen LogP contribution in [0.25, 0.3) is 10.8 Å². The lowest BCUT2D eigenvalue weighted by Gasteiger charge is -2.31. The minimum atomic E-state index is -3.71. The Balaban J connectivity index is 1.35. The average molecular weight is 514 g/mol. The normalized spacial score (nSPS) is 20.9. The van der Waals surface area contributed by atoms with Gasteiger partial charge in [0.05, 0.1) is 18.9 Å². The summed E-state index contributed by atoms with van der Waals surface area (Å²) >= 11 is 0. The molecule has 1 aliphatic heterocycles. The maximum Gasteiger partial charge on any atom is 0.223 e. The second-order valence-electron chi connectivity index (χ2n) is 9.41. The van der Waals surface area contributed by atoms with Crippen LogP contribution in [0.2, 0.25) is 0 Å². The number of nitrogens with one attached hydrogen (secondary N) is 1. The number of fused-ring (bicyclic) bond motifs is 1. The summed E-state index contributed by atoms with van der Waals surface area (Å²) in [5.74, 6) is 1.59. The van der Waals surface area contributed by atoms with E-state index in [1.807, 2.05) is 13.0 Å². The highest BCUT2D eigenvalue weighted by Crippen LogP contribution is 2.32. The molecule has 0 aromatic carbocycles. The minimum absolute atomic E-state index is 0.00696. The molecule has 3 N–H and O–H groups in total. The summed E-state index contributed by atoms with van der Waals surface area (Å²) in [5, 5.41) is 10.2. The second kappa shape index (κ2) is 10.5. The summed E-state index contributed by atoms with van der Waals surface area (Å²) in [6, 6.07) is 3.96. The quantitative estimate of drug-likeness (QED) is 0.482. The number of nitrogens with zero attached hydrogens (tertiary/aromatic N) is 5. The molecule has 2 fully saturated rings. The number of rotatable bonds is 7. The van der Waals surface area contributed by atoms with Crippen LogP contribution in [-0.4, -0.2) is 66.8 Å². The molecule has 1 aliphatic carbocycles. The van der Waals surface area contributed by atoms with Crippen molar-refractivity contribution in [2.24, 2.45) is 5.14 Å². The number of aryl methyl sites for hydroxylation is 1. The topological polar surface area (TPSA) is 145 Å². The highest BCUT2D eigenvalue weighted by molar-refractivity contribution is 7.88. The number of ether oxygens (including phenoxy) is 2. The van der Waals surface area contributed by atoms with Crippen molar-refractivity contribution in [3.05, 3.63) is 42.0 Å². The molecular formula is C24H31N7O4S. The average Bonchev–Trinajstić information content (AvgIpc) is 2.86. The van der Waals surface area contributed by atoms with Gasteiger partial charge in [-0.05, 0) is 50.3 Å². The Morgan fingerprint density at radius 3 is 2.50 bits per heavy atom. The van der Waals surface area contributed by atoms with Crippen molar-refractivity contribution in [1.82, 2.24) is 19.9 Å². The van der Waals surface area contributed by atoms with Gasteiger partial charge in [0.25, 0.3) is 0 Å². The summed E-state index contributed by atoms with van der Waals surface area (Å²) in [6.07, 6.45) is 8.81. The summed E-state index contributed by atoms with van der Waals surface area (Å²) in [7, 11) is -3.71. The van der Waals surface area contributed by atoms with Gasteiger partial charge in [0, 0.05) is 48.5 Å². The lowest BCUT2D eigenvalue weighted by Crippen LogP contribution is -2.37. The Labute approximate surface area is 210 Å². The van der Waals surface area contributed by atoms with Gasteiger partial charge in [-0.3, -0.25) is 4.98 Å². The van der Waals surface area contributed by atoms with E-state index < -0.39 is 10.0 Å². The van der Waals surface area contributed by atoms with E-state index in [1.165, 1.54) is 0 Å². The molecule has 36 heavy (non-hydrogen) atoms. The Hall–Kier alpha value is -3.09. The third-order valence-electron chi connectivity index (χ3n) is 6.47. The van der Waals surface area contributed by atoms with E-state index in [9.17, 15) is 8.42 Å². The molecule has 192 valence electrons. The highest BCUT2D eigenvalue weighted by Gasteiger charge is 2.25. The van der Waals surface area contributed by atoms with Gasteiger partial charge in [-0.1, -0.05) is 0 Å². The molecule has 0 unspecified atom stereocenters. The van der Waals surface area contributed by atoms with Gasteiger partial charge in [-0.15, -0.1) is 0 Å². The SMILES string of the molecule is Cc1cnc(NC2CCC(Oc3nc(N4CCOCC4)cc4cnc(CS(N)(=O)=O)cc34)CC2)nc1. The van der Waals surface area contributed by atoms with Gasteiger partial charge in [-0.25, -0.2) is 23.5 Å². The predicted octanol–water partition coefficient (Wildman–Crippen LogP) is 2.16. The van der Waals surface area contributed by atoms with Crippen LogP contribution >= 0.6 is 0 Å². The largest absolute Gasteiger partial charge is 0.474 e. The van der Waals surface area contributed by atoms with Crippen molar-refractivity contribution in [2.75, 3.05) is 36.5 Å². The van der Waals surface area contributed by atoms with E-state index in [-0.39, 0.29) is 17.9 Å². The summed E-state index contributed by atoms with van der Waals surface area (Å²) < 4.78 is 35.2. The molecule has 1 saturated heterocycles. The van der Waals surface area contributed by atoms with Gasteiger partial charge in [0.2, 0.25) is 21.9 Å². The molecule has 0 atom stereocenters. The van der Waals surface area contributed by atoms with Crippen LogP contribution in [0, 0.1) is 6.92 Å². The number of primary sulfonamides is 1. The monoisotopic (exact) mass is 513 g/mol. The summed E-state index contributed by atoms with van der Waals surface area (Å²) in [5.41, 5.74) is 1.39. The number of aromatic nitrogens is 4. The maximum absolute atomic E-state index is 11.6. The number of pyridine rings is 2. The lowest BCUT2D eigenvalue weighted by atomic mass is 9.93. The first kappa shape index (κ1) is 24.6. The molecule has 0 bridgehead atoms. The fourth-order valence-electron chi connectivity index (χ4n) is 4.61. The molecular weight excluding hydrogens is 482 g/mol. The molecule has 3 aromatic heterocycles. The number of nitrogens with two attached hydrogens (primary N) is 1. The van der Waals surface area contributed by atoms with Crippen LogP contribution in [0.1, 0.15) is 36.9 Å². The Kier molecular flexibility index (Phi) is 7.17. The number of hydrogen-bond acceptors (Lipinski definition) is 10. The summed E-state index contributed by atoms with van der Waals surface area (Å²) in [6.45, 7) is 4.73. The third kappa shape index (κ3) is 6.18. The Bertz CT molecular complexity index is 1310. The van der Waals surface area contributed by atoms with Gasteiger partial charge in [-0.2, -0.15) is 4.98 Å². The molecule has 1 saturated carbocycles. The van der Waals surface area contributed by atoms with Gasteiger partial charge >= 0.3 is 0 Å². The minimum Gasteiger partial charge on any atom is -0.474 e. The molecule has 0 amide bonds. The van der Waals surface area contributed by atoms with E-state index >= 15 is 0 Å². The van der Waals surface area contributed by atoms with Crippen LogP contribution in [0.5, 0.6) is 5.88 Å². The third-order valence-corrected chi connectivity index (χ3v) is 7.17. The Morgan fingerprint density at radius 1 is 1.08 bits per heavy atom. The molecule has 2 aliphatic rings. The van der Waals surface area contributed by atoms with E-state index in [1.54, 1.807) is 24.7 Å². The van der Waals surface area contributed by atoms with Crippen LogP contribution < -0.4 is 20.1 Å². The van der Waals surface area contributed by atoms with E-state index in [4.69, 9.17) is 19.6 Å². The van der Waals surface area contributed by atoms with Crippen LogP contribution in [-0.2, 0) is 20.5 Å². The van der Waals surface area contributed by atoms with E-state index in [2.05, 4.69) is 25.2 Å². The van der Waals surface area contributed by atoms with Crippen molar-refractivity contribution in [2.45, 2.75) is 50.5 Å². The number of sulfonamides is 1.